The van der Waals surface area contributed by atoms with Gasteiger partial charge in [-0.1, -0.05) is 28.1 Å². The number of aromatic hydroxyl groups is 1. The van der Waals surface area contributed by atoms with Crippen LogP contribution in [0.5, 0.6) is 5.75 Å². The normalized spacial score (nSPS) is 22.9. The van der Waals surface area contributed by atoms with Crippen molar-refractivity contribution in [3.05, 3.63) is 29.8 Å². The second-order valence-electron chi connectivity index (χ2n) is 4.14. The molecule has 0 bridgehead atoms. The Kier molecular flexibility index (Phi) is 3.65. The number of phenolic OH excluding ortho intramolecular Hbond substituents is 1. The number of hydrogen-bond acceptors (Lipinski definition) is 2. The Morgan fingerprint density at radius 3 is 2.73 bits per heavy atom. The van der Waals surface area contributed by atoms with Crippen molar-refractivity contribution in [2.75, 3.05) is 13.1 Å². The van der Waals surface area contributed by atoms with Crippen LogP contribution < -0.4 is 0 Å². The molecule has 15 heavy (non-hydrogen) atoms. The average molecular weight is 270 g/mol. The number of alkyl halides is 1. The second-order valence-corrected chi connectivity index (χ2v) is 5.44. The van der Waals surface area contributed by atoms with Gasteiger partial charge in [0.1, 0.15) is 5.75 Å². The van der Waals surface area contributed by atoms with E-state index in [1.54, 1.807) is 12.1 Å². The first kappa shape index (κ1) is 11.0. The van der Waals surface area contributed by atoms with Crippen LogP contribution in [0.3, 0.4) is 0 Å². The van der Waals surface area contributed by atoms with Gasteiger partial charge in [0.15, 0.2) is 0 Å². The summed E-state index contributed by atoms with van der Waals surface area (Å²) in [7, 11) is 0. The largest absolute Gasteiger partial charge is 0.508 e. The summed E-state index contributed by atoms with van der Waals surface area (Å²) in [4.78, 5) is 3.10. The standard InChI is InChI=1S/C12H16BrNO/c13-11-2-1-7-14(9-11)8-10-3-5-12(15)6-4-10/h3-6,11,15H,1-2,7-9H2. The fraction of sp³-hybridized carbons (Fsp3) is 0.500. The van der Waals surface area contributed by atoms with Crippen molar-refractivity contribution in [1.82, 2.24) is 4.90 Å². The summed E-state index contributed by atoms with van der Waals surface area (Å²) in [5.74, 6) is 0.343. The van der Waals surface area contributed by atoms with E-state index < -0.39 is 0 Å². The molecule has 1 unspecified atom stereocenters. The number of piperidine rings is 1. The maximum absolute atomic E-state index is 9.18. The van der Waals surface area contributed by atoms with E-state index in [1.807, 2.05) is 12.1 Å². The SMILES string of the molecule is Oc1ccc(CN2CCCC(Br)C2)cc1. The average Bonchev–Trinajstić information content (AvgIpc) is 2.22. The van der Waals surface area contributed by atoms with Crippen LogP contribution in [-0.4, -0.2) is 27.9 Å². The van der Waals surface area contributed by atoms with E-state index in [0.717, 1.165) is 13.1 Å². The molecule has 0 radical (unpaired) electrons. The third-order valence-corrected chi connectivity index (χ3v) is 3.54. The van der Waals surface area contributed by atoms with E-state index in [4.69, 9.17) is 0 Å². The molecule has 3 heteroatoms. The van der Waals surface area contributed by atoms with Gasteiger partial charge < -0.3 is 5.11 Å². The highest BCUT2D eigenvalue weighted by Crippen LogP contribution is 2.19. The van der Waals surface area contributed by atoms with Gasteiger partial charge in [0, 0.05) is 17.9 Å². The van der Waals surface area contributed by atoms with Gasteiger partial charge in [-0.15, -0.1) is 0 Å². The Bertz CT molecular complexity index is 312. The van der Waals surface area contributed by atoms with Crippen LogP contribution in [-0.2, 0) is 6.54 Å². The molecule has 1 atom stereocenters. The number of benzene rings is 1. The molecule has 0 aliphatic carbocycles. The number of hydrogen-bond donors (Lipinski definition) is 1. The molecule has 0 amide bonds. The molecule has 2 rings (SSSR count). The molecule has 0 saturated carbocycles. The Labute approximate surface area is 99.0 Å². The molecule has 1 aliphatic heterocycles. The zero-order chi connectivity index (χ0) is 10.7. The quantitative estimate of drug-likeness (QED) is 0.835. The summed E-state index contributed by atoms with van der Waals surface area (Å²) in [6, 6.07) is 7.50. The van der Waals surface area contributed by atoms with Gasteiger partial charge in [-0.3, -0.25) is 4.90 Å². The molecular formula is C12H16BrNO. The van der Waals surface area contributed by atoms with Crippen molar-refractivity contribution in [2.24, 2.45) is 0 Å². The second kappa shape index (κ2) is 4.99. The molecule has 0 aromatic heterocycles. The van der Waals surface area contributed by atoms with Crippen LogP contribution >= 0.6 is 15.9 Å². The maximum atomic E-state index is 9.18. The minimum Gasteiger partial charge on any atom is -0.508 e. The van der Waals surface area contributed by atoms with Crippen LogP contribution in [0.15, 0.2) is 24.3 Å². The fourth-order valence-electron chi connectivity index (χ4n) is 2.00. The Morgan fingerprint density at radius 2 is 2.07 bits per heavy atom. The van der Waals surface area contributed by atoms with Crippen molar-refractivity contribution in [1.29, 1.82) is 0 Å². The number of rotatable bonds is 2. The van der Waals surface area contributed by atoms with E-state index in [2.05, 4.69) is 20.8 Å². The topological polar surface area (TPSA) is 23.5 Å². The highest BCUT2D eigenvalue weighted by Gasteiger charge is 2.17. The minimum absolute atomic E-state index is 0.343. The molecule has 0 spiro atoms. The van der Waals surface area contributed by atoms with E-state index in [-0.39, 0.29) is 0 Å². The highest BCUT2D eigenvalue weighted by atomic mass is 79.9. The Hall–Kier alpha value is -0.540. The van der Waals surface area contributed by atoms with Gasteiger partial charge in [0.2, 0.25) is 0 Å². The van der Waals surface area contributed by atoms with Crippen molar-refractivity contribution in [3.63, 3.8) is 0 Å². The fourth-order valence-corrected chi connectivity index (χ4v) is 2.74. The van der Waals surface area contributed by atoms with Crippen LogP contribution in [0.1, 0.15) is 18.4 Å². The third-order valence-electron chi connectivity index (χ3n) is 2.79. The molecule has 2 nitrogen and oxygen atoms in total. The van der Waals surface area contributed by atoms with Gasteiger partial charge in [0.25, 0.3) is 0 Å². The van der Waals surface area contributed by atoms with Crippen molar-refractivity contribution >= 4 is 15.9 Å². The number of nitrogens with zero attached hydrogens (tertiary/aromatic N) is 1. The minimum atomic E-state index is 0.343. The van der Waals surface area contributed by atoms with E-state index in [9.17, 15) is 5.11 Å². The third kappa shape index (κ3) is 3.21. The first-order valence-corrected chi connectivity index (χ1v) is 6.30. The van der Waals surface area contributed by atoms with E-state index in [0.29, 0.717) is 10.6 Å². The van der Waals surface area contributed by atoms with Gasteiger partial charge in [-0.25, -0.2) is 0 Å². The number of phenols is 1. The molecule has 1 aromatic rings. The lowest BCUT2D eigenvalue weighted by molar-refractivity contribution is 0.228. The lowest BCUT2D eigenvalue weighted by Crippen LogP contribution is -2.35. The summed E-state index contributed by atoms with van der Waals surface area (Å²) in [5.41, 5.74) is 1.27. The molecular weight excluding hydrogens is 254 g/mol. The Morgan fingerprint density at radius 1 is 1.33 bits per heavy atom. The molecule has 1 N–H and O–H groups in total. The van der Waals surface area contributed by atoms with Gasteiger partial charge in [-0.05, 0) is 37.1 Å². The van der Waals surface area contributed by atoms with Gasteiger partial charge in [-0.2, -0.15) is 0 Å². The van der Waals surface area contributed by atoms with Gasteiger partial charge in [0.05, 0.1) is 0 Å². The first-order valence-electron chi connectivity index (χ1n) is 5.38. The molecule has 1 fully saturated rings. The molecule has 1 saturated heterocycles. The summed E-state index contributed by atoms with van der Waals surface area (Å²) >= 11 is 3.67. The number of halogens is 1. The predicted octanol–water partition coefficient (Wildman–Crippen LogP) is 2.75. The highest BCUT2D eigenvalue weighted by molar-refractivity contribution is 9.09. The summed E-state index contributed by atoms with van der Waals surface area (Å²) in [5, 5.41) is 9.18. The van der Waals surface area contributed by atoms with Crippen LogP contribution in [0.4, 0.5) is 0 Å². The van der Waals surface area contributed by atoms with E-state index >= 15 is 0 Å². The van der Waals surface area contributed by atoms with Crippen molar-refractivity contribution in [3.8, 4) is 5.75 Å². The van der Waals surface area contributed by atoms with Crippen molar-refractivity contribution < 1.29 is 5.11 Å². The van der Waals surface area contributed by atoms with Crippen LogP contribution in [0.2, 0.25) is 0 Å². The molecule has 1 aromatic carbocycles. The summed E-state index contributed by atoms with van der Waals surface area (Å²) in [6.45, 7) is 3.30. The molecule has 1 heterocycles. The predicted molar refractivity (Wildman–Crippen MR) is 65.3 cm³/mol. The number of likely N-dealkylation sites (tertiary alicyclic amines) is 1. The molecule has 82 valence electrons. The zero-order valence-corrected chi connectivity index (χ0v) is 10.3. The molecule has 1 aliphatic rings. The van der Waals surface area contributed by atoms with Crippen LogP contribution in [0.25, 0.3) is 0 Å². The summed E-state index contributed by atoms with van der Waals surface area (Å²) in [6.07, 6.45) is 2.56. The van der Waals surface area contributed by atoms with Gasteiger partial charge >= 0.3 is 0 Å². The lowest BCUT2D eigenvalue weighted by Gasteiger charge is -2.29. The smallest absolute Gasteiger partial charge is 0.115 e. The zero-order valence-electron chi connectivity index (χ0n) is 8.69. The van der Waals surface area contributed by atoms with E-state index in [1.165, 1.54) is 24.9 Å². The lowest BCUT2D eigenvalue weighted by atomic mass is 10.1. The monoisotopic (exact) mass is 269 g/mol. The Balaban J connectivity index is 1.93. The first-order chi connectivity index (χ1) is 7.24. The van der Waals surface area contributed by atoms with Crippen LogP contribution in [0, 0.1) is 0 Å². The summed E-state index contributed by atoms with van der Waals surface area (Å²) < 4.78 is 0. The van der Waals surface area contributed by atoms with Crippen molar-refractivity contribution in [2.45, 2.75) is 24.2 Å². The maximum Gasteiger partial charge on any atom is 0.115 e.